The van der Waals surface area contributed by atoms with Gasteiger partial charge in [-0.05, 0) is 26.2 Å². The average molecular weight is 369 g/mol. The van der Waals surface area contributed by atoms with Crippen LogP contribution in [0.1, 0.15) is 32.6 Å². The number of thiazole rings is 1. The zero-order valence-corrected chi connectivity index (χ0v) is 14.8. The van der Waals surface area contributed by atoms with Crippen LogP contribution in [0.5, 0.6) is 0 Å². The lowest BCUT2D eigenvalue weighted by Crippen LogP contribution is -2.43. The van der Waals surface area contributed by atoms with Crippen LogP contribution in [0.15, 0.2) is 11.6 Å². The molecule has 1 saturated heterocycles. The molecule has 1 aliphatic heterocycles. The standard InChI is InChI=1S/C13H20N4O2S.2ClH/c1-9(14)4-5-11(18)17-7-2-3-10(17)12(19)16-13-15-6-8-20-13;;/h6,8-10H,2-5,7,14H2,1H3,(H,15,16,19);2*1H. The summed E-state index contributed by atoms with van der Waals surface area (Å²) in [5.74, 6) is -0.134. The summed E-state index contributed by atoms with van der Waals surface area (Å²) in [7, 11) is 0. The summed E-state index contributed by atoms with van der Waals surface area (Å²) >= 11 is 1.37. The van der Waals surface area contributed by atoms with Gasteiger partial charge in [-0.2, -0.15) is 0 Å². The molecule has 1 aromatic heterocycles. The minimum atomic E-state index is -0.375. The molecule has 22 heavy (non-hydrogen) atoms. The van der Waals surface area contributed by atoms with E-state index < -0.39 is 0 Å². The van der Waals surface area contributed by atoms with Crippen LogP contribution in [0.4, 0.5) is 5.13 Å². The molecule has 1 aliphatic rings. The Kier molecular flexibility index (Phi) is 9.59. The molecule has 3 N–H and O–H groups in total. The molecule has 0 saturated carbocycles. The number of amides is 2. The molecule has 0 aliphatic carbocycles. The Labute approximate surface area is 146 Å². The van der Waals surface area contributed by atoms with Gasteiger partial charge in [-0.25, -0.2) is 4.98 Å². The number of hydrogen-bond donors (Lipinski definition) is 2. The maximum absolute atomic E-state index is 12.2. The zero-order chi connectivity index (χ0) is 14.5. The van der Waals surface area contributed by atoms with Crippen LogP contribution < -0.4 is 11.1 Å². The van der Waals surface area contributed by atoms with Crippen molar-refractivity contribution in [3.63, 3.8) is 0 Å². The summed E-state index contributed by atoms with van der Waals surface area (Å²) < 4.78 is 0. The van der Waals surface area contributed by atoms with Crippen molar-refractivity contribution >= 4 is 53.1 Å². The van der Waals surface area contributed by atoms with Crippen LogP contribution >= 0.6 is 36.2 Å². The van der Waals surface area contributed by atoms with E-state index in [-0.39, 0.29) is 48.7 Å². The average Bonchev–Trinajstić information content (AvgIpc) is 3.05. The lowest BCUT2D eigenvalue weighted by molar-refractivity contribution is -0.136. The highest BCUT2D eigenvalue weighted by Crippen LogP contribution is 2.21. The van der Waals surface area contributed by atoms with Crippen molar-refractivity contribution in [2.45, 2.75) is 44.7 Å². The van der Waals surface area contributed by atoms with Gasteiger partial charge in [0.05, 0.1) is 0 Å². The van der Waals surface area contributed by atoms with Crippen molar-refractivity contribution in [2.24, 2.45) is 5.73 Å². The third kappa shape index (κ3) is 5.72. The second-order valence-electron chi connectivity index (χ2n) is 5.09. The first-order chi connectivity index (χ1) is 9.58. The van der Waals surface area contributed by atoms with Gasteiger partial charge in [0, 0.05) is 30.6 Å². The maximum Gasteiger partial charge on any atom is 0.248 e. The van der Waals surface area contributed by atoms with E-state index in [2.05, 4.69) is 10.3 Å². The molecule has 0 spiro atoms. The largest absolute Gasteiger partial charge is 0.331 e. The van der Waals surface area contributed by atoms with Crippen LogP contribution in [-0.2, 0) is 9.59 Å². The number of nitrogens with zero attached hydrogens (tertiary/aromatic N) is 2. The fraction of sp³-hybridized carbons (Fsp3) is 0.615. The number of hydrogen-bond acceptors (Lipinski definition) is 5. The van der Waals surface area contributed by atoms with E-state index in [1.165, 1.54) is 11.3 Å². The highest BCUT2D eigenvalue weighted by atomic mass is 35.5. The van der Waals surface area contributed by atoms with E-state index in [0.717, 1.165) is 6.42 Å². The molecule has 2 heterocycles. The molecular weight excluding hydrogens is 347 g/mol. The van der Waals surface area contributed by atoms with Crippen molar-refractivity contribution in [1.82, 2.24) is 9.88 Å². The molecular formula is C13H22Cl2N4O2S. The van der Waals surface area contributed by atoms with Crippen LogP contribution in [-0.4, -0.2) is 40.3 Å². The predicted molar refractivity (Wildman–Crippen MR) is 92.9 cm³/mol. The number of halogens is 2. The third-order valence-corrected chi connectivity index (χ3v) is 4.04. The number of carbonyl (C=O) groups excluding carboxylic acids is 2. The second kappa shape index (κ2) is 9.99. The third-order valence-electron chi connectivity index (χ3n) is 3.35. The van der Waals surface area contributed by atoms with Gasteiger partial charge in [0.25, 0.3) is 0 Å². The number of nitrogens with two attached hydrogens (primary N) is 1. The van der Waals surface area contributed by atoms with Gasteiger partial charge in [-0.15, -0.1) is 36.2 Å². The van der Waals surface area contributed by atoms with E-state index in [9.17, 15) is 9.59 Å². The van der Waals surface area contributed by atoms with E-state index in [0.29, 0.717) is 30.9 Å². The molecule has 1 fully saturated rings. The molecule has 2 rings (SSSR count). The highest BCUT2D eigenvalue weighted by Gasteiger charge is 2.33. The van der Waals surface area contributed by atoms with Gasteiger partial charge in [0.2, 0.25) is 11.8 Å². The van der Waals surface area contributed by atoms with Crippen molar-refractivity contribution < 1.29 is 9.59 Å². The molecule has 1 aromatic rings. The molecule has 2 amide bonds. The fourth-order valence-electron chi connectivity index (χ4n) is 2.31. The summed E-state index contributed by atoms with van der Waals surface area (Å²) in [5.41, 5.74) is 5.67. The molecule has 2 unspecified atom stereocenters. The van der Waals surface area contributed by atoms with Crippen molar-refractivity contribution in [3.8, 4) is 0 Å². The number of likely N-dealkylation sites (tertiary alicyclic amines) is 1. The first kappa shape index (κ1) is 21.1. The Bertz CT molecular complexity index is 471. The molecule has 126 valence electrons. The summed E-state index contributed by atoms with van der Waals surface area (Å²) in [4.78, 5) is 30.0. The maximum atomic E-state index is 12.2. The first-order valence-corrected chi connectivity index (χ1v) is 7.71. The lowest BCUT2D eigenvalue weighted by atomic mass is 10.1. The predicted octanol–water partition coefficient (Wildman–Crippen LogP) is 2.04. The quantitative estimate of drug-likeness (QED) is 0.831. The van der Waals surface area contributed by atoms with Gasteiger partial charge in [-0.3, -0.25) is 9.59 Å². The van der Waals surface area contributed by atoms with E-state index >= 15 is 0 Å². The summed E-state index contributed by atoms with van der Waals surface area (Å²) in [6.07, 6.45) is 4.26. The molecule has 0 aromatic carbocycles. The van der Waals surface area contributed by atoms with E-state index in [4.69, 9.17) is 5.73 Å². The number of carbonyl (C=O) groups is 2. The van der Waals surface area contributed by atoms with Crippen LogP contribution in [0, 0.1) is 0 Å². The van der Waals surface area contributed by atoms with E-state index in [1.807, 2.05) is 6.92 Å². The van der Waals surface area contributed by atoms with Crippen LogP contribution in [0.2, 0.25) is 0 Å². The first-order valence-electron chi connectivity index (χ1n) is 6.83. The Balaban J connectivity index is 0.00000220. The van der Waals surface area contributed by atoms with Gasteiger partial charge >= 0.3 is 0 Å². The zero-order valence-electron chi connectivity index (χ0n) is 12.4. The Hall–Kier alpha value is -0.890. The normalized spacial score (nSPS) is 18.1. The number of aromatic nitrogens is 1. The van der Waals surface area contributed by atoms with Gasteiger partial charge in [0.1, 0.15) is 6.04 Å². The molecule has 9 heteroatoms. The number of nitrogens with one attached hydrogen (secondary N) is 1. The number of rotatable bonds is 5. The van der Waals surface area contributed by atoms with E-state index in [1.54, 1.807) is 16.5 Å². The summed E-state index contributed by atoms with van der Waals surface area (Å²) in [6, 6.07) is -0.372. The second-order valence-corrected chi connectivity index (χ2v) is 5.98. The van der Waals surface area contributed by atoms with Gasteiger partial charge in [0.15, 0.2) is 5.13 Å². The summed E-state index contributed by atoms with van der Waals surface area (Å²) in [5, 5.41) is 5.14. The Morgan fingerprint density at radius 2 is 2.27 bits per heavy atom. The van der Waals surface area contributed by atoms with Crippen LogP contribution in [0.25, 0.3) is 0 Å². The molecule has 0 bridgehead atoms. The molecule has 6 nitrogen and oxygen atoms in total. The van der Waals surface area contributed by atoms with Crippen molar-refractivity contribution in [1.29, 1.82) is 0 Å². The van der Waals surface area contributed by atoms with Crippen molar-refractivity contribution in [3.05, 3.63) is 11.6 Å². The Morgan fingerprint density at radius 1 is 1.55 bits per heavy atom. The van der Waals surface area contributed by atoms with Crippen molar-refractivity contribution in [2.75, 3.05) is 11.9 Å². The molecule has 0 radical (unpaired) electrons. The SMILES string of the molecule is CC(N)CCC(=O)N1CCCC1C(=O)Nc1nccs1.Cl.Cl. The lowest BCUT2D eigenvalue weighted by Gasteiger charge is -2.23. The smallest absolute Gasteiger partial charge is 0.248 e. The monoisotopic (exact) mass is 368 g/mol. The minimum absolute atomic E-state index is 0. The number of anilines is 1. The van der Waals surface area contributed by atoms with Gasteiger partial charge < -0.3 is 16.0 Å². The Morgan fingerprint density at radius 3 is 2.86 bits per heavy atom. The fourth-order valence-corrected chi connectivity index (χ4v) is 2.84. The van der Waals surface area contributed by atoms with Crippen LogP contribution in [0.3, 0.4) is 0 Å². The highest BCUT2D eigenvalue weighted by molar-refractivity contribution is 7.13. The summed E-state index contributed by atoms with van der Waals surface area (Å²) in [6.45, 7) is 2.53. The topological polar surface area (TPSA) is 88.3 Å². The van der Waals surface area contributed by atoms with Gasteiger partial charge in [-0.1, -0.05) is 0 Å². The molecule has 2 atom stereocenters. The minimum Gasteiger partial charge on any atom is -0.331 e.